The Morgan fingerprint density at radius 1 is 1.05 bits per heavy atom. The van der Waals surface area contributed by atoms with Gasteiger partial charge < -0.3 is 25.8 Å². The van der Waals surface area contributed by atoms with Gasteiger partial charge in [-0.25, -0.2) is 14.8 Å². The van der Waals surface area contributed by atoms with Gasteiger partial charge in [-0.05, 0) is 76.4 Å². The molecule has 2 heterocycles. The predicted octanol–water partition coefficient (Wildman–Crippen LogP) is 3.91. The van der Waals surface area contributed by atoms with E-state index in [4.69, 9.17) is 25.2 Å². The Hall–Kier alpha value is -4.41. The van der Waals surface area contributed by atoms with Gasteiger partial charge in [0.05, 0.1) is 12.6 Å². The molecule has 38 heavy (non-hydrogen) atoms. The fraction of sp³-hybridized carbons (Fsp3) is 0.370. The first-order valence-electron chi connectivity index (χ1n) is 12.5. The van der Waals surface area contributed by atoms with Crippen molar-refractivity contribution in [3.63, 3.8) is 0 Å². The van der Waals surface area contributed by atoms with Gasteiger partial charge in [0.25, 0.3) is 0 Å². The van der Waals surface area contributed by atoms with Crippen molar-refractivity contribution in [3.8, 4) is 17.1 Å². The van der Waals surface area contributed by atoms with Crippen molar-refractivity contribution in [1.82, 2.24) is 24.9 Å². The third-order valence-electron chi connectivity index (χ3n) is 5.76. The highest BCUT2D eigenvalue weighted by Gasteiger charge is 2.21. The third kappa shape index (κ3) is 6.47. The van der Waals surface area contributed by atoms with Crippen molar-refractivity contribution in [2.45, 2.75) is 51.7 Å². The number of primary amides is 1. The molecule has 2 amide bonds. The molecule has 0 radical (unpaired) electrons. The summed E-state index contributed by atoms with van der Waals surface area (Å²) < 4.78 is 12.1. The Balaban J connectivity index is 1.53. The van der Waals surface area contributed by atoms with Gasteiger partial charge in [0.1, 0.15) is 17.4 Å². The van der Waals surface area contributed by atoms with Crippen LogP contribution >= 0.6 is 0 Å². The summed E-state index contributed by atoms with van der Waals surface area (Å²) in [6, 6.07) is 14.4. The number of para-hydroxylation sites is 1. The number of nitrogens with two attached hydrogens (primary N) is 1. The Bertz CT molecular complexity index is 1430. The van der Waals surface area contributed by atoms with Crippen LogP contribution in [-0.2, 0) is 9.53 Å². The fourth-order valence-corrected chi connectivity index (χ4v) is 3.93. The number of hydrogen-bond acceptors (Lipinski definition) is 8. The number of carbonyl (C=O) groups is 2. The number of nitrogens with zero attached hydrogens (tertiary/aromatic N) is 4. The van der Waals surface area contributed by atoms with E-state index in [1.807, 2.05) is 69.3 Å². The van der Waals surface area contributed by atoms with Gasteiger partial charge >= 0.3 is 6.09 Å². The second kappa shape index (κ2) is 11.3. The molecular formula is C27H33N7O4. The van der Waals surface area contributed by atoms with Crippen LogP contribution in [0, 0.1) is 0 Å². The van der Waals surface area contributed by atoms with Crippen molar-refractivity contribution in [2.75, 3.05) is 19.0 Å². The number of nitrogens with one attached hydrogen (secondary N) is 2. The Morgan fingerprint density at radius 3 is 2.47 bits per heavy atom. The number of ether oxygens (including phenoxy) is 2. The lowest BCUT2D eigenvalue weighted by molar-refractivity contribution is -0.118. The van der Waals surface area contributed by atoms with Crippen LogP contribution in [0.1, 0.15) is 40.0 Å². The molecule has 0 bridgehead atoms. The van der Waals surface area contributed by atoms with Crippen molar-refractivity contribution in [3.05, 3.63) is 48.5 Å². The molecule has 11 nitrogen and oxygen atoms in total. The van der Waals surface area contributed by atoms with Crippen LogP contribution in [0.5, 0.6) is 5.75 Å². The maximum Gasteiger partial charge on any atom is 0.407 e. The maximum absolute atomic E-state index is 12.3. The number of unbranched alkanes of at least 4 members (excludes halogenated alkanes) is 1. The zero-order chi connectivity index (χ0) is 27.3. The summed E-state index contributed by atoms with van der Waals surface area (Å²) in [7, 11) is 1.61. The van der Waals surface area contributed by atoms with Gasteiger partial charge in [-0.1, -0.05) is 12.1 Å². The number of anilines is 1. The first-order chi connectivity index (χ1) is 18.1. The highest BCUT2D eigenvalue weighted by atomic mass is 16.6. The van der Waals surface area contributed by atoms with E-state index >= 15 is 0 Å². The predicted molar refractivity (Wildman–Crippen MR) is 145 cm³/mol. The summed E-state index contributed by atoms with van der Waals surface area (Å²) in [5.74, 6) is 1.10. The van der Waals surface area contributed by atoms with Crippen molar-refractivity contribution in [1.29, 1.82) is 0 Å². The lowest BCUT2D eigenvalue weighted by Crippen LogP contribution is -2.37. The highest BCUT2D eigenvalue weighted by molar-refractivity contribution is 5.93. The zero-order valence-electron chi connectivity index (χ0n) is 22.0. The molecule has 11 heteroatoms. The summed E-state index contributed by atoms with van der Waals surface area (Å²) in [4.78, 5) is 33.6. The quantitative estimate of drug-likeness (QED) is 0.267. The first-order valence-corrected chi connectivity index (χ1v) is 12.5. The molecule has 0 aliphatic rings. The molecule has 0 spiro atoms. The van der Waals surface area contributed by atoms with E-state index in [2.05, 4.69) is 15.7 Å². The average Bonchev–Trinajstić information content (AvgIpc) is 3.33. The number of fused-ring (bicyclic) bond motifs is 3. The van der Waals surface area contributed by atoms with E-state index in [1.54, 1.807) is 11.6 Å². The highest BCUT2D eigenvalue weighted by Crippen LogP contribution is 2.26. The summed E-state index contributed by atoms with van der Waals surface area (Å²) >= 11 is 0. The summed E-state index contributed by atoms with van der Waals surface area (Å²) in [6.07, 6.45) is 1.27. The van der Waals surface area contributed by atoms with Gasteiger partial charge in [-0.2, -0.15) is 4.52 Å². The van der Waals surface area contributed by atoms with Gasteiger partial charge in [-0.15, -0.1) is 5.10 Å². The number of aromatic nitrogens is 4. The molecule has 0 aliphatic heterocycles. The van der Waals surface area contributed by atoms with Crippen LogP contribution in [0.25, 0.3) is 27.9 Å². The molecule has 4 rings (SSSR count). The van der Waals surface area contributed by atoms with Gasteiger partial charge in [-0.3, -0.25) is 4.79 Å². The van der Waals surface area contributed by atoms with Gasteiger partial charge in [0.15, 0.2) is 11.5 Å². The Morgan fingerprint density at radius 2 is 1.79 bits per heavy atom. The largest absolute Gasteiger partial charge is 0.497 e. The van der Waals surface area contributed by atoms with Crippen LogP contribution < -0.4 is 21.1 Å². The molecule has 4 aromatic rings. The minimum atomic E-state index is -0.693. The minimum absolute atomic E-state index is 0.363. The lowest BCUT2D eigenvalue weighted by Gasteiger charge is -2.20. The van der Waals surface area contributed by atoms with Crippen LogP contribution in [0.2, 0.25) is 0 Å². The third-order valence-corrected chi connectivity index (χ3v) is 5.76. The van der Waals surface area contributed by atoms with Gasteiger partial charge in [0.2, 0.25) is 11.9 Å². The molecular weight excluding hydrogens is 486 g/mol. The second-order valence-corrected chi connectivity index (χ2v) is 9.88. The van der Waals surface area contributed by atoms with E-state index in [9.17, 15) is 9.59 Å². The summed E-state index contributed by atoms with van der Waals surface area (Å²) in [5.41, 5.74) is 7.29. The molecule has 4 N–H and O–H groups in total. The number of benzene rings is 2. The Kier molecular flexibility index (Phi) is 7.94. The molecule has 0 aliphatic carbocycles. The van der Waals surface area contributed by atoms with E-state index in [-0.39, 0.29) is 0 Å². The first kappa shape index (κ1) is 26.6. The molecule has 1 atom stereocenters. The van der Waals surface area contributed by atoms with Gasteiger partial charge in [0, 0.05) is 17.5 Å². The smallest absolute Gasteiger partial charge is 0.407 e. The van der Waals surface area contributed by atoms with E-state index in [0.717, 1.165) is 16.7 Å². The number of hydrogen-bond donors (Lipinski definition) is 3. The number of methoxy groups -OCH3 is 1. The van der Waals surface area contributed by atoms with E-state index in [0.29, 0.717) is 48.7 Å². The standard InChI is InChI=1S/C27H33N7O4/c1-27(2,3)38-26(36)29-16-8-7-11-21(22(28)35)31-25-30-20-10-6-5-9-19(20)24-32-23(33-34(24)25)17-12-14-18(37-4)15-13-17/h5-6,9-10,12-15,21H,7-8,11,16H2,1-4H3,(H2,28,35)(H,29,36)(H,30,31)/t21-/m0/s1. The normalized spacial score (nSPS) is 12.3. The van der Waals surface area contributed by atoms with Crippen molar-refractivity contribution >= 4 is 34.5 Å². The molecule has 0 unspecified atom stereocenters. The van der Waals surface area contributed by atoms with Crippen molar-refractivity contribution in [2.24, 2.45) is 5.73 Å². The molecule has 200 valence electrons. The lowest BCUT2D eigenvalue weighted by atomic mass is 10.1. The summed E-state index contributed by atoms with van der Waals surface area (Å²) in [6.45, 7) is 5.85. The monoisotopic (exact) mass is 519 g/mol. The second-order valence-electron chi connectivity index (χ2n) is 9.88. The molecule has 2 aromatic heterocycles. The average molecular weight is 520 g/mol. The molecule has 0 saturated carbocycles. The minimum Gasteiger partial charge on any atom is -0.497 e. The fourth-order valence-electron chi connectivity index (χ4n) is 3.93. The maximum atomic E-state index is 12.3. The summed E-state index contributed by atoms with van der Waals surface area (Å²) in [5, 5.41) is 11.4. The topological polar surface area (TPSA) is 146 Å². The Labute approximate surface area is 220 Å². The van der Waals surface area contributed by atoms with E-state index in [1.165, 1.54) is 0 Å². The molecule has 0 fully saturated rings. The number of alkyl carbamates (subject to hydrolysis) is 1. The molecule has 0 saturated heterocycles. The van der Waals surface area contributed by atoms with Crippen LogP contribution in [0.3, 0.4) is 0 Å². The number of rotatable bonds is 10. The van der Waals surface area contributed by atoms with Crippen molar-refractivity contribution < 1.29 is 19.1 Å². The van der Waals surface area contributed by atoms with Crippen LogP contribution in [-0.4, -0.2) is 56.9 Å². The number of amides is 2. The molecule has 2 aromatic carbocycles. The number of carbonyl (C=O) groups excluding carboxylic acids is 2. The van der Waals surface area contributed by atoms with E-state index < -0.39 is 23.6 Å². The van der Waals surface area contributed by atoms with Crippen LogP contribution in [0.4, 0.5) is 10.7 Å². The van der Waals surface area contributed by atoms with Crippen LogP contribution in [0.15, 0.2) is 48.5 Å². The SMILES string of the molecule is COc1ccc(-c2nc3c4ccccc4nc(N[C@@H](CCCCNC(=O)OC(C)(C)C)C(N)=O)n3n2)cc1. The zero-order valence-corrected chi connectivity index (χ0v) is 22.0.